The van der Waals surface area contributed by atoms with Gasteiger partial charge in [-0.25, -0.2) is 4.98 Å². The molecule has 0 saturated carbocycles. The lowest BCUT2D eigenvalue weighted by molar-refractivity contribution is -0.139. The van der Waals surface area contributed by atoms with Gasteiger partial charge in [-0.1, -0.05) is 12.1 Å². The average molecular weight is 474 g/mol. The third kappa shape index (κ3) is 4.27. The van der Waals surface area contributed by atoms with Crippen LogP contribution in [0.15, 0.2) is 66.8 Å². The highest BCUT2D eigenvalue weighted by atomic mass is 16.5. The molecule has 1 saturated heterocycles. The van der Waals surface area contributed by atoms with Gasteiger partial charge in [-0.2, -0.15) is 0 Å². The largest absolute Gasteiger partial charge is 0.507 e. The van der Waals surface area contributed by atoms with E-state index in [1.54, 1.807) is 43.9 Å². The van der Waals surface area contributed by atoms with E-state index < -0.39 is 17.7 Å². The van der Waals surface area contributed by atoms with E-state index in [1.807, 2.05) is 35.9 Å². The van der Waals surface area contributed by atoms with Crippen LogP contribution in [0.5, 0.6) is 11.5 Å². The molecule has 8 heteroatoms. The number of nitrogens with zero attached hydrogens (tertiary/aromatic N) is 3. The summed E-state index contributed by atoms with van der Waals surface area (Å²) >= 11 is 0. The van der Waals surface area contributed by atoms with Crippen LogP contribution in [0.1, 0.15) is 36.1 Å². The van der Waals surface area contributed by atoms with Crippen LogP contribution in [0.25, 0.3) is 5.76 Å². The number of benzene rings is 2. The Morgan fingerprint density at radius 3 is 2.83 bits per heavy atom. The van der Waals surface area contributed by atoms with Gasteiger partial charge in [0.25, 0.3) is 11.7 Å². The van der Waals surface area contributed by atoms with Gasteiger partial charge in [0, 0.05) is 37.5 Å². The summed E-state index contributed by atoms with van der Waals surface area (Å²) in [5.41, 5.74) is 2.24. The van der Waals surface area contributed by atoms with Crippen LogP contribution >= 0.6 is 0 Å². The van der Waals surface area contributed by atoms with Crippen molar-refractivity contribution in [3.63, 3.8) is 0 Å². The molecule has 3 heterocycles. The maximum Gasteiger partial charge on any atom is 0.295 e. The molecule has 2 aliphatic heterocycles. The van der Waals surface area contributed by atoms with Crippen molar-refractivity contribution in [1.82, 2.24) is 14.5 Å². The van der Waals surface area contributed by atoms with Crippen molar-refractivity contribution in [2.45, 2.75) is 38.5 Å². The monoisotopic (exact) mass is 473 g/mol. The Morgan fingerprint density at radius 1 is 1.20 bits per heavy atom. The van der Waals surface area contributed by atoms with E-state index in [9.17, 15) is 14.7 Å². The number of carbonyl (C=O) groups is 2. The number of fused-ring (bicyclic) bond motifs is 1. The molecule has 8 nitrogen and oxygen atoms in total. The van der Waals surface area contributed by atoms with Crippen molar-refractivity contribution < 1.29 is 24.2 Å². The number of methoxy groups -OCH3 is 1. The Balaban J connectivity index is 1.54. The summed E-state index contributed by atoms with van der Waals surface area (Å²) in [7, 11) is 1.56. The van der Waals surface area contributed by atoms with Crippen molar-refractivity contribution >= 4 is 17.4 Å². The quantitative estimate of drug-likeness (QED) is 0.319. The topological polar surface area (TPSA) is 93.9 Å². The van der Waals surface area contributed by atoms with Gasteiger partial charge in [-0.3, -0.25) is 9.59 Å². The number of rotatable bonds is 7. The molecule has 0 aliphatic carbocycles. The third-order valence-corrected chi connectivity index (χ3v) is 6.49. The lowest BCUT2D eigenvalue weighted by Crippen LogP contribution is -2.31. The zero-order chi connectivity index (χ0) is 24.5. The number of aliphatic hydroxyl groups excluding tert-OH is 1. The fourth-order valence-electron chi connectivity index (χ4n) is 4.84. The predicted molar refractivity (Wildman–Crippen MR) is 129 cm³/mol. The summed E-state index contributed by atoms with van der Waals surface area (Å²) < 4.78 is 13.1. The van der Waals surface area contributed by atoms with Crippen LogP contribution in [0.4, 0.5) is 0 Å². The van der Waals surface area contributed by atoms with E-state index >= 15 is 0 Å². The number of Topliss-reactive ketones (excluding diaryl/α,β-unsaturated/α-hetero) is 1. The Morgan fingerprint density at radius 2 is 2.06 bits per heavy atom. The average Bonchev–Trinajstić information content (AvgIpc) is 3.57. The first kappa shape index (κ1) is 22.7. The van der Waals surface area contributed by atoms with Crippen molar-refractivity contribution in [1.29, 1.82) is 0 Å². The maximum absolute atomic E-state index is 13.3. The summed E-state index contributed by atoms with van der Waals surface area (Å²) in [5.74, 6) is -0.115. The normalized spacial score (nSPS) is 20.7. The van der Waals surface area contributed by atoms with Gasteiger partial charge in [0.2, 0.25) is 0 Å². The summed E-state index contributed by atoms with van der Waals surface area (Å²) in [6, 6.07) is 11.9. The fourth-order valence-corrected chi connectivity index (χ4v) is 4.84. The van der Waals surface area contributed by atoms with E-state index in [4.69, 9.17) is 9.47 Å². The number of aryl methyl sites for hydroxylation is 1. The minimum absolute atomic E-state index is 0.0558. The standard InChI is InChI=1S/C27H27N3O5/c1-17-13-20-14-19(7-8-22(20)35-17)25(31)23-24(18-5-3-6-21(15-18)34-2)30(27(33)26(23)32)11-4-10-29-12-9-28-16-29/h3,5-9,12,14-17,24,31H,4,10-11,13H2,1-2H3/b25-23+/t17-,24-/m0/s1. The van der Waals surface area contributed by atoms with E-state index in [0.29, 0.717) is 36.4 Å². The van der Waals surface area contributed by atoms with Crippen molar-refractivity contribution in [2.75, 3.05) is 13.7 Å². The molecule has 180 valence electrons. The van der Waals surface area contributed by atoms with Gasteiger partial charge in [0.05, 0.1) is 25.1 Å². The Labute approximate surface area is 203 Å². The number of ketones is 1. The number of aromatic nitrogens is 2. The molecular weight excluding hydrogens is 446 g/mol. The van der Waals surface area contributed by atoms with E-state index in [-0.39, 0.29) is 17.4 Å². The molecule has 0 bridgehead atoms. The number of hydrogen-bond acceptors (Lipinski definition) is 6. The van der Waals surface area contributed by atoms with Crippen molar-refractivity contribution in [3.8, 4) is 11.5 Å². The van der Waals surface area contributed by atoms with Gasteiger partial charge in [0.1, 0.15) is 23.4 Å². The molecule has 2 atom stereocenters. The molecule has 1 fully saturated rings. The minimum Gasteiger partial charge on any atom is -0.507 e. The van der Waals surface area contributed by atoms with Gasteiger partial charge in [-0.05, 0) is 54.8 Å². The summed E-state index contributed by atoms with van der Waals surface area (Å²) in [4.78, 5) is 32.0. The minimum atomic E-state index is -0.726. The number of likely N-dealkylation sites (tertiary alicyclic amines) is 1. The first-order valence-electron chi connectivity index (χ1n) is 11.6. The summed E-state index contributed by atoms with van der Waals surface area (Å²) in [6.45, 7) is 2.98. The molecule has 2 aromatic carbocycles. The molecule has 0 radical (unpaired) electrons. The number of carbonyl (C=O) groups excluding carboxylic acids is 2. The van der Waals surface area contributed by atoms with Crippen LogP contribution in [-0.4, -0.2) is 51.0 Å². The van der Waals surface area contributed by atoms with Crippen LogP contribution in [-0.2, 0) is 22.6 Å². The molecule has 0 unspecified atom stereocenters. The molecule has 1 N–H and O–H groups in total. The maximum atomic E-state index is 13.3. The second kappa shape index (κ2) is 9.29. The number of hydrogen-bond donors (Lipinski definition) is 1. The number of ether oxygens (including phenoxy) is 2. The molecule has 2 aliphatic rings. The van der Waals surface area contributed by atoms with Crippen LogP contribution < -0.4 is 9.47 Å². The van der Waals surface area contributed by atoms with Gasteiger partial charge < -0.3 is 24.0 Å². The van der Waals surface area contributed by atoms with Crippen molar-refractivity contribution in [2.24, 2.45) is 0 Å². The number of imidazole rings is 1. The molecule has 35 heavy (non-hydrogen) atoms. The fraction of sp³-hybridized carbons (Fsp3) is 0.296. The highest BCUT2D eigenvalue weighted by Gasteiger charge is 2.46. The molecule has 1 aromatic heterocycles. The second-order valence-corrected chi connectivity index (χ2v) is 8.88. The van der Waals surface area contributed by atoms with E-state index in [1.165, 1.54) is 4.90 Å². The van der Waals surface area contributed by atoms with Crippen LogP contribution in [0.3, 0.4) is 0 Å². The third-order valence-electron chi connectivity index (χ3n) is 6.49. The number of aliphatic hydroxyl groups is 1. The van der Waals surface area contributed by atoms with Crippen LogP contribution in [0, 0.1) is 0 Å². The molecular formula is C27H27N3O5. The first-order chi connectivity index (χ1) is 17.0. The highest BCUT2D eigenvalue weighted by Crippen LogP contribution is 2.41. The predicted octanol–water partition coefficient (Wildman–Crippen LogP) is 3.73. The van der Waals surface area contributed by atoms with Gasteiger partial charge in [0.15, 0.2) is 0 Å². The van der Waals surface area contributed by atoms with Gasteiger partial charge >= 0.3 is 0 Å². The van der Waals surface area contributed by atoms with E-state index in [2.05, 4.69) is 4.98 Å². The smallest absolute Gasteiger partial charge is 0.295 e. The lowest BCUT2D eigenvalue weighted by Gasteiger charge is -2.25. The Kier molecular flexibility index (Phi) is 6.03. The second-order valence-electron chi connectivity index (χ2n) is 8.88. The molecule has 5 rings (SSSR count). The lowest BCUT2D eigenvalue weighted by atomic mass is 9.94. The first-order valence-corrected chi connectivity index (χ1v) is 11.6. The zero-order valence-electron chi connectivity index (χ0n) is 19.7. The summed E-state index contributed by atoms with van der Waals surface area (Å²) in [6.07, 6.45) is 6.67. The zero-order valence-corrected chi connectivity index (χ0v) is 19.7. The Bertz CT molecular complexity index is 1300. The number of amides is 1. The highest BCUT2D eigenvalue weighted by molar-refractivity contribution is 6.46. The van der Waals surface area contributed by atoms with Gasteiger partial charge in [-0.15, -0.1) is 0 Å². The van der Waals surface area contributed by atoms with Crippen LogP contribution in [0.2, 0.25) is 0 Å². The molecule has 0 spiro atoms. The molecule has 1 amide bonds. The Hall–Kier alpha value is -4.07. The van der Waals surface area contributed by atoms with Crippen molar-refractivity contribution in [3.05, 3.63) is 83.4 Å². The molecule has 3 aromatic rings. The SMILES string of the molecule is COc1cccc([C@H]2/C(=C(\O)c3ccc4c(c3)C[C@H](C)O4)C(=O)C(=O)N2CCCn2ccnc2)c1. The van der Waals surface area contributed by atoms with E-state index in [0.717, 1.165) is 17.7 Å². The summed E-state index contributed by atoms with van der Waals surface area (Å²) in [5, 5.41) is 11.4.